The minimum atomic E-state index is -1.04. The predicted octanol–water partition coefficient (Wildman–Crippen LogP) is 1.93. The zero-order valence-corrected chi connectivity index (χ0v) is 19.3. The molecule has 1 aliphatic carbocycles. The normalized spacial score (nSPS) is 19.9. The molecule has 1 aromatic carbocycles. The van der Waals surface area contributed by atoms with Gasteiger partial charge in [-0.15, -0.1) is 0 Å². The number of hydrogen-bond acceptors (Lipinski definition) is 6. The van der Waals surface area contributed by atoms with Gasteiger partial charge in [0.15, 0.2) is 0 Å². The second-order valence-corrected chi connectivity index (χ2v) is 8.96. The van der Waals surface area contributed by atoms with Crippen LogP contribution >= 0.6 is 0 Å². The number of benzene rings is 1. The summed E-state index contributed by atoms with van der Waals surface area (Å²) in [6, 6.07) is 10.4. The Balaban J connectivity index is 1.40. The molecule has 34 heavy (non-hydrogen) atoms. The van der Waals surface area contributed by atoms with Gasteiger partial charge in [-0.2, -0.15) is 5.01 Å². The first kappa shape index (κ1) is 23.5. The van der Waals surface area contributed by atoms with Gasteiger partial charge in [-0.3, -0.25) is 24.7 Å². The summed E-state index contributed by atoms with van der Waals surface area (Å²) in [7, 11) is 0. The van der Waals surface area contributed by atoms with Crippen LogP contribution in [0.15, 0.2) is 47.1 Å². The first-order valence-electron chi connectivity index (χ1n) is 11.4. The monoisotopic (exact) mass is 467 g/mol. The van der Waals surface area contributed by atoms with Crippen LogP contribution in [0.3, 0.4) is 0 Å². The average Bonchev–Trinajstić information content (AvgIpc) is 3.42. The Morgan fingerprint density at radius 2 is 1.91 bits per heavy atom. The molecule has 4 rings (SSSR count). The van der Waals surface area contributed by atoms with Crippen LogP contribution in [0.1, 0.15) is 54.8 Å². The van der Waals surface area contributed by atoms with Gasteiger partial charge in [0, 0.05) is 18.2 Å². The molecule has 0 radical (unpaired) electrons. The maximum atomic E-state index is 12.8. The molecule has 10 nitrogen and oxygen atoms in total. The molecule has 10 heteroatoms. The van der Waals surface area contributed by atoms with E-state index in [9.17, 15) is 19.2 Å². The van der Waals surface area contributed by atoms with E-state index in [1.807, 2.05) is 17.0 Å². The Morgan fingerprint density at radius 3 is 2.50 bits per heavy atom. The van der Waals surface area contributed by atoms with Crippen molar-refractivity contribution >= 4 is 23.8 Å². The smallest absolute Gasteiger partial charge is 0.344 e. The maximum absolute atomic E-state index is 12.8. The van der Waals surface area contributed by atoms with Gasteiger partial charge in [0.1, 0.15) is 11.3 Å². The van der Waals surface area contributed by atoms with Gasteiger partial charge < -0.3 is 15.1 Å². The van der Waals surface area contributed by atoms with Crippen molar-refractivity contribution in [3.63, 3.8) is 0 Å². The van der Waals surface area contributed by atoms with Gasteiger partial charge in [0.25, 0.3) is 17.7 Å². The third kappa shape index (κ3) is 5.45. The Kier molecular flexibility index (Phi) is 6.69. The summed E-state index contributed by atoms with van der Waals surface area (Å²) in [5, 5.41) is 6.30. The minimum Gasteiger partial charge on any atom is -0.468 e. The van der Waals surface area contributed by atoms with Crippen LogP contribution in [0.25, 0.3) is 0 Å². The lowest BCUT2D eigenvalue weighted by atomic mass is 10.00. The third-order valence-electron chi connectivity index (χ3n) is 6.07. The molecule has 1 aromatic heterocycles. The number of nitrogens with zero attached hydrogens (tertiary/aromatic N) is 2. The zero-order chi connectivity index (χ0) is 24.3. The van der Waals surface area contributed by atoms with Gasteiger partial charge in [-0.05, 0) is 56.0 Å². The maximum Gasteiger partial charge on any atom is 0.344 e. The van der Waals surface area contributed by atoms with E-state index in [2.05, 4.69) is 16.1 Å². The molecule has 5 amide bonds. The zero-order valence-electron chi connectivity index (χ0n) is 19.3. The van der Waals surface area contributed by atoms with Crippen molar-refractivity contribution in [1.29, 1.82) is 0 Å². The van der Waals surface area contributed by atoms with Crippen molar-refractivity contribution in [1.82, 2.24) is 26.0 Å². The minimum absolute atomic E-state index is 0.0789. The van der Waals surface area contributed by atoms with Crippen LogP contribution in [0.2, 0.25) is 0 Å². The van der Waals surface area contributed by atoms with E-state index in [0.29, 0.717) is 30.8 Å². The van der Waals surface area contributed by atoms with Gasteiger partial charge >= 0.3 is 6.03 Å². The van der Waals surface area contributed by atoms with E-state index in [1.54, 1.807) is 44.4 Å². The number of nitrogens with one attached hydrogen (secondary N) is 3. The lowest BCUT2D eigenvalue weighted by molar-refractivity contribution is -0.139. The number of furan rings is 1. The van der Waals surface area contributed by atoms with Crippen LogP contribution in [0.4, 0.5) is 4.79 Å². The number of hydrogen-bond donors (Lipinski definition) is 3. The molecule has 1 aliphatic heterocycles. The van der Waals surface area contributed by atoms with Gasteiger partial charge in [0.2, 0.25) is 0 Å². The molecule has 1 atom stereocenters. The molecular weight excluding hydrogens is 438 g/mol. The van der Waals surface area contributed by atoms with Crippen molar-refractivity contribution in [2.24, 2.45) is 0 Å². The first-order valence-corrected chi connectivity index (χ1v) is 11.4. The first-order chi connectivity index (χ1) is 16.3. The molecular formula is C24H29N5O5. The van der Waals surface area contributed by atoms with Crippen LogP contribution in [0.5, 0.6) is 0 Å². The molecule has 3 N–H and O–H groups in total. The number of hydrazine groups is 1. The fourth-order valence-electron chi connectivity index (χ4n) is 3.70. The van der Waals surface area contributed by atoms with Crippen molar-refractivity contribution in [2.75, 3.05) is 6.54 Å². The van der Waals surface area contributed by atoms with Crippen molar-refractivity contribution < 1.29 is 23.6 Å². The number of amides is 5. The summed E-state index contributed by atoms with van der Waals surface area (Å²) in [6.45, 7) is 4.07. The standard InChI is InChI=1S/C24H29N5O5/c1-3-24(2)22(32)29(23(33)26-24)27-20(30)15-28(14-19-5-4-12-34-19)13-16-6-8-17(9-7-16)21(31)25-18-10-11-18/h4-9,12,18H,3,10-11,13-15H2,1-2H3,(H,25,31)(H,26,33)(H,27,30). The molecule has 2 heterocycles. The second-order valence-electron chi connectivity index (χ2n) is 8.96. The summed E-state index contributed by atoms with van der Waals surface area (Å²) < 4.78 is 5.43. The Hall–Kier alpha value is -3.66. The Labute approximate surface area is 197 Å². The number of carbonyl (C=O) groups excluding carboxylic acids is 4. The molecule has 0 bridgehead atoms. The second kappa shape index (κ2) is 9.68. The van der Waals surface area contributed by atoms with Crippen molar-refractivity contribution in [3.8, 4) is 0 Å². The lowest BCUT2D eigenvalue weighted by Crippen LogP contribution is -2.51. The Bertz CT molecular complexity index is 1060. The quantitative estimate of drug-likeness (QED) is 0.459. The molecule has 180 valence electrons. The SMILES string of the molecule is CCC1(C)NC(=O)N(NC(=O)CN(Cc2ccc(C(=O)NC3CC3)cc2)Cc2ccco2)C1=O. The largest absolute Gasteiger partial charge is 0.468 e. The number of rotatable bonds is 10. The molecule has 2 aliphatic rings. The van der Waals surface area contributed by atoms with E-state index in [-0.39, 0.29) is 18.5 Å². The van der Waals surface area contributed by atoms with Crippen LogP contribution in [-0.4, -0.2) is 51.8 Å². The molecule has 1 saturated carbocycles. The highest BCUT2D eigenvalue weighted by atomic mass is 16.3. The molecule has 2 aromatic rings. The number of carbonyl (C=O) groups is 4. The highest BCUT2D eigenvalue weighted by Gasteiger charge is 2.47. The van der Waals surface area contributed by atoms with E-state index >= 15 is 0 Å². The van der Waals surface area contributed by atoms with Crippen LogP contribution in [0, 0.1) is 0 Å². The topological polar surface area (TPSA) is 124 Å². The molecule has 0 spiro atoms. The van der Waals surface area contributed by atoms with Crippen molar-refractivity contribution in [2.45, 2.75) is 57.8 Å². The summed E-state index contributed by atoms with van der Waals surface area (Å²) in [5.74, 6) is -0.419. The van der Waals surface area contributed by atoms with Crippen LogP contribution in [-0.2, 0) is 22.7 Å². The van der Waals surface area contributed by atoms with Gasteiger partial charge in [-0.25, -0.2) is 4.79 Å². The predicted molar refractivity (Wildman–Crippen MR) is 122 cm³/mol. The van der Waals surface area contributed by atoms with Gasteiger partial charge in [0.05, 0.1) is 19.4 Å². The fraction of sp³-hybridized carbons (Fsp3) is 0.417. The summed E-state index contributed by atoms with van der Waals surface area (Å²) >= 11 is 0. The van der Waals surface area contributed by atoms with Crippen LogP contribution < -0.4 is 16.1 Å². The third-order valence-corrected chi connectivity index (χ3v) is 6.07. The van der Waals surface area contributed by atoms with Gasteiger partial charge in [-0.1, -0.05) is 19.1 Å². The van der Waals surface area contributed by atoms with Crippen molar-refractivity contribution in [3.05, 3.63) is 59.5 Å². The van der Waals surface area contributed by atoms with E-state index < -0.39 is 23.4 Å². The lowest BCUT2D eigenvalue weighted by Gasteiger charge is -2.23. The molecule has 2 fully saturated rings. The number of imide groups is 1. The average molecular weight is 468 g/mol. The highest BCUT2D eigenvalue weighted by Crippen LogP contribution is 2.20. The molecule has 1 unspecified atom stereocenters. The summed E-state index contributed by atoms with van der Waals surface area (Å²) in [6.07, 6.45) is 4.01. The fourth-order valence-corrected chi connectivity index (χ4v) is 3.70. The number of urea groups is 1. The van der Waals surface area contributed by atoms with E-state index in [0.717, 1.165) is 23.4 Å². The Morgan fingerprint density at radius 1 is 1.18 bits per heavy atom. The summed E-state index contributed by atoms with van der Waals surface area (Å²) in [4.78, 5) is 51.6. The molecule has 1 saturated heterocycles. The summed E-state index contributed by atoms with van der Waals surface area (Å²) in [5.41, 5.74) is 2.87. The van der Waals surface area contributed by atoms with E-state index in [4.69, 9.17) is 4.42 Å². The van der Waals surface area contributed by atoms with E-state index in [1.165, 1.54) is 0 Å². The highest BCUT2D eigenvalue weighted by molar-refractivity contribution is 6.07.